The van der Waals surface area contributed by atoms with Crippen molar-refractivity contribution in [2.75, 3.05) is 37.6 Å². The molecule has 33 heavy (non-hydrogen) atoms. The van der Waals surface area contributed by atoms with E-state index < -0.39 is 11.7 Å². The molecule has 0 bridgehead atoms. The SMILES string of the molecule is C[C@H]1CCC[C@]2(C)C[C@H]3OC(=O)[C@H](CN4CCN(c5cccc(C(F)(F)F)c5)CC4)[C@@H]3C=C12. The summed E-state index contributed by atoms with van der Waals surface area (Å²) >= 11 is 0. The first-order valence-corrected chi connectivity index (χ1v) is 12.2. The van der Waals surface area contributed by atoms with Gasteiger partial charge in [-0.15, -0.1) is 0 Å². The Labute approximate surface area is 193 Å². The lowest BCUT2D eigenvalue weighted by atomic mass is 9.59. The highest BCUT2D eigenvalue weighted by Gasteiger charge is 2.52. The van der Waals surface area contributed by atoms with E-state index in [9.17, 15) is 18.0 Å². The fraction of sp³-hybridized carbons (Fsp3) is 0.654. The molecule has 2 heterocycles. The number of hydrogen-bond donors (Lipinski definition) is 0. The van der Waals surface area contributed by atoms with Crippen LogP contribution in [0, 0.1) is 23.2 Å². The molecule has 0 radical (unpaired) electrons. The number of esters is 1. The van der Waals surface area contributed by atoms with Gasteiger partial charge in [0.1, 0.15) is 6.10 Å². The predicted octanol–water partition coefficient (Wildman–Crippen LogP) is 5.14. The molecule has 2 saturated heterocycles. The number of hydrogen-bond acceptors (Lipinski definition) is 4. The van der Waals surface area contributed by atoms with Crippen LogP contribution in [0.25, 0.3) is 0 Å². The van der Waals surface area contributed by atoms with Gasteiger partial charge >= 0.3 is 12.1 Å². The highest BCUT2D eigenvalue weighted by atomic mass is 19.4. The van der Waals surface area contributed by atoms with Crippen molar-refractivity contribution in [2.24, 2.45) is 23.2 Å². The molecule has 0 N–H and O–H groups in total. The number of nitrogens with zero attached hydrogens (tertiary/aromatic N) is 2. The molecule has 2 aliphatic heterocycles. The third-order valence-electron chi connectivity index (χ3n) is 8.45. The topological polar surface area (TPSA) is 32.8 Å². The van der Waals surface area contributed by atoms with Crippen LogP contribution in [0.3, 0.4) is 0 Å². The Hall–Kier alpha value is -2.02. The number of benzene rings is 1. The van der Waals surface area contributed by atoms with E-state index in [2.05, 4.69) is 24.8 Å². The minimum atomic E-state index is -4.34. The van der Waals surface area contributed by atoms with Gasteiger partial charge < -0.3 is 9.64 Å². The van der Waals surface area contributed by atoms with Crippen molar-refractivity contribution in [3.05, 3.63) is 41.5 Å². The first kappa shape index (κ1) is 22.8. The second-order valence-electron chi connectivity index (χ2n) is 10.7. The van der Waals surface area contributed by atoms with E-state index in [0.29, 0.717) is 31.2 Å². The maximum atomic E-state index is 13.1. The Bertz CT molecular complexity index is 938. The van der Waals surface area contributed by atoms with Crippen LogP contribution in [0.1, 0.15) is 45.1 Å². The summed E-state index contributed by atoms with van der Waals surface area (Å²) in [5.41, 5.74) is 1.67. The molecule has 0 spiro atoms. The summed E-state index contributed by atoms with van der Waals surface area (Å²) in [7, 11) is 0. The molecule has 3 fully saturated rings. The van der Waals surface area contributed by atoms with E-state index in [1.807, 2.05) is 4.90 Å². The molecule has 0 amide bonds. The fourth-order valence-electron chi connectivity index (χ4n) is 6.60. The van der Waals surface area contributed by atoms with E-state index in [4.69, 9.17) is 4.74 Å². The number of anilines is 1. The number of ether oxygens (including phenoxy) is 1. The zero-order chi connectivity index (χ0) is 23.4. The molecule has 180 valence electrons. The van der Waals surface area contributed by atoms with Gasteiger partial charge in [-0.25, -0.2) is 0 Å². The molecule has 4 nitrogen and oxygen atoms in total. The monoisotopic (exact) mass is 462 g/mol. The van der Waals surface area contributed by atoms with E-state index in [0.717, 1.165) is 25.6 Å². The lowest BCUT2D eigenvalue weighted by Crippen LogP contribution is -2.49. The lowest BCUT2D eigenvalue weighted by molar-refractivity contribution is -0.145. The molecule has 0 aromatic heterocycles. The Morgan fingerprint density at radius 3 is 2.67 bits per heavy atom. The highest BCUT2D eigenvalue weighted by Crippen LogP contribution is 2.54. The van der Waals surface area contributed by atoms with E-state index in [1.54, 1.807) is 6.07 Å². The van der Waals surface area contributed by atoms with Crippen molar-refractivity contribution < 1.29 is 22.7 Å². The van der Waals surface area contributed by atoms with E-state index in [1.165, 1.54) is 37.0 Å². The Morgan fingerprint density at radius 1 is 1.18 bits per heavy atom. The van der Waals surface area contributed by atoms with Crippen molar-refractivity contribution in [2.45, 2.75) is 51.8 Å². The molecule has 1 saturated carbocycles. The van der Waals surface area contributed by atoms with Crippen LogP contribution in [-0.2, 0) is 15.7 Å². The van der Waals surface area contributed by atoms with Gasteiger partial charge in [0, 0.05) is 44.3 Å². The number of rotatable bonds is 3. The predicted molar refractivity (Wildman–Crippen MR) is 121 cm³/mol. The Morgan fingerprint density at radius 2 is 1.94 bits per heavy atom. The molecular formula is C26H33F3N2O2. The van der Waals surface area contributed by atoms with Gasteiger partial charge in [0.25, 0.3) is 0 Å². The summed E-state index contributed by atoms with van der Waals surface area (Å²) in [6.07, 6.45) is 2.58. The molecule has 0 unspecified atom stereocenters. The minimum Gasteiger partial charge on any atom is -0.461 e. The maximum Gasteiger partial charge on any atom is 0.416 e. The average molecular weight is 463 g/mol. The average Bonchev–Trinajstić information content (AvgIpc) is 3.06. The number of alkyl halides is 3. The molecule has 7 heteroatoms. The number of piperazine rings is 1. The molecule has 5 rings (SSSR count). The van der Waals surface area contributed by atoms with Gasteiger partial charge in [0.15, 0.2) is 0 Å². The number of allylic oxidation sites excluding steroid dienone is 1. The number of fused-ring (bicyclic) bond motifs is 2. The summed E-state index contributed by atoms with van der Waals surface area (Å²) in [5.74, 6) is 0.470. The van der Waals surface area contributed by atoms with Gasteiger partial charge in [0.2, 0.25) is 0 Å². The number of carbonyl (C=O) groups excluding carboxylic acids is 1. The summed E-state index contributed by atoms with van der Waals surface area (Å²) in [6.45, 7) is 8.04. The largest absolute Gasteiger partial charge is 0.461 e. The summed E-state index contributed by atoms with van der Waals surface area (Å²) in [4.78, 5) is 17.1. The number of halogens is 3. The van der Waals surface area contributed by atoms with E-state index in [-0.39, 0.29) is 29.3 Å². The van der Waals surface area contributed by atoms with Crippen LogP contribution >= 0.6 is 0 Å². The second kappa shape index (κ2) is 8.33. The smallest absolute Gasteiger partial charge is 0.416 e. The minimum absolute atomic E-state index is 0.0204. The van der Waals surface area contributed by atoms with Crippen LogP contribution in [-0.4, -0.2) is 49.7 Å². The van der Waals surface area contributed by atoms with Gasteiger partial charge in [0.05, 0.1) is 11.5 Å². The molecule has 1 aromatic carbocycles. The molecule has 5 atom stereocenters. The van der Waals surface area contributed by atoms with E-state index >= 15 is 0 Å². The number of carbonyl (C=O) groups is 1. The van der Waals surface area contributed by atoms with Crippen LogP contribution in [0.2, 0.25) is 0 Å². The third kappa shape index (κ3) is 4.29. The summed E-state index contributed by atoms with van der Waals surface area (Å²) in [5, 5.41) is 0. The maximum absolute atomic E-state index is 13.1. The highest BCUT2D eigenvalue weighted by molar-refractivity contribution is 5.76. The Balaban J connectivity index is 1.24. The third-order valence-corrected chi connectivity index (χ3v) is 8.45. The zero-order valence-electron chi connectivity index (χ0n) is 19.4. The molecular weight excluding hydrogens is 429 g/mol. The van der Waals surface area contributed by atoms with Crippen LogP contribution < -0.4 is 4.90 Å². The molecule has 1 aromatic rings. The van der Waals surface area contributed by atoms with Gasteiger partial charge in [-0.3, -0.25) is 9.69 Å². The Kier molecular flexibility index (Phi) is 5.74. The van der Waals surface area contributed by atoms with Crippen LogP contribution in [0.15, 0.2) is 35.9 Å². The first-order valence-electron chi connectivity index (χ1n) is 12.2. The van der Waals surface area contributed by atoms with Crippen molar-refractivity contribution >= 4 is 11.7 Å². The zero-order valence-corrected chi connectivity index (χ0v) is 19.4. The second-order valence-corrected chi connectivity index (χ2v) is 10.7. The van der Waals surface area contributed by atoms with Gasteiger partial charge in [-0.2, -0.15) is 13.2 Å². The molecule has 4 aliphatic rings. The van der Waals surface area contributed by atoms with Gasteiger partial charge in [-0.05, 0) is 48.8 Å². The van der Waals surface area contributed by atoms with Crippen LogP contribution in [0.4, 0.5) is 18.9 Å². The summed E-state index contributed by atoms with van der Waals surface area (Å²) in [6, 6.07) is 5.54. The standard InChI is InChI=1S/C26H33F3N2O2/c1-17-5-4-8-25(2)15-23-20(14-22(17)25)21(24(32)33-23)16-30-9-11-31(12-10-30)19-7-3-6-18(13-19)26(27,28)29/h3,6-7,13-14,17,20-21,23H,4-5,8-12,15-16H2,1-2H3/t17-,20-,21+,23+,25+/m0/s1. The quantitative estimate of drug-likeness (QED) is 0.460. The van der Waals surface area contributed by atoms with Crippen LogP contribution in [0.5, 0.6) is 0 Å². The molecule has 2 aliphatic carbocycles. The fourth-order valence-corrected chi connectivity index (χ4v) is 6.60. The van der Waals surface area contributed by atoms with Crippen molar-refractivity contribution in [1.82, 2.24) is 4.90 Å². The first-order chi connectivity index (χ1) is 15.6. The normalized spacial score (nSPS) is 35.0. The van der Waals surface area contributed by atoms with Crippen molar-refractivity contribution in [3.63, 3.8) is 0 Å². The van der Waals surface area contributed by atoms with Crippen molar-refractivity contribution in [3.8, 4) is 0 Å². The van der Waals surface area contributed by atoms with Gasteiger partial charge in [-0.1, -0.05) is 38.0 Å². The summed E-state index contributed by atoms with van der Waals surface area (Å²) < 4.78 is 45.1. The van der Waals surface area contributed by atoms with Crippen molar-refractivity contribution in [1.29, 1.82) is 0 Å². The lowest BCUT2D eigenvalue weighted by Gasteiger charge is -2.46.